The summed E-state index contributed by atoms with van der Waals surface area (Å²) in [5.74, 6) is 1.72. The van der Waals surface area contributed by atoms with Crippen molar-refractivity contribution in [3.63, 3.8) is 0 Å². The summed E-state index contributed by atoms with van der Waals surface area (Å²) in [7, 11) is 0. The second-order valence-corrected chi connectivity index (χ2v) is 4.24. The number of aryl methyl sites for hydroxylation is 1. The van der Waals surface area contributed by atoms with Crippen molar-refractivity contribution in [3.05, 3.63) is 47.8 Å². The van der Waals surface area contributed by atoms with E-state index in [0.29, 0.717) is 24.0 Å². The molecule has 0 spiro atoms. The molecule has 102 valence electrons. The number of benzene rings is 1. The van der Waals surface area contributed by atoms with Gasteiger partial charge in [0.2, 0.25) is 0 Å². The fourth-order valence-corrected chi connectivity index (χ4v) is 1.87. The van der Waals surface area contributed by atoms with Gasteiger partial charge in [0.1, 0.15) is 12.4 Å². The molecule has 1 N–H and O–H groups in total. The van der Waals surface area contributed by atoms with Crippen LogP contribution in [0.1, 0.15) is 17.5 Å². The van der Waals surface area contributed by atoms with Crippen molar-refractivity contribution in [1.29, 1.82) is 0 Å². The monoisotopic (exact) mass is 271 g/mol. The molecule has 0 aliphatic heterocycles. The maximum atomic E-state index is 9.21. The number of tetrazole rings is 1. The van der Waals surface area contributed by atoms with Gasteiger partial charge in [-0.2, -0.15) is 0 Å². The molecule has 8 nitrogen and oxygen atoms in total. The lowest BCUT2D eigenvalue weighted by molar-refractivity contribution is 0.265. The van der Waals surface area contributed by atoms with Crippen molar-refractivity contribution in [2.75, 3.05) is 0 Å². The summed E-state index contributed by atoms with van der Waals surface area (Å²) in [6, 6.07) is 9.54. The summed E-state index contributed by atoms with van der Waals surface area (Å²) in [5.41, 5.74) is 0.842. The summed E-state index contributed by atoms with van der Waals surface area (Å²) >= 11 is 0. The van der Waals surface area contributed by atoms with Gasteiger partial charge in [0.25, 0.3) is 0 Å². The molecule has 8 heteroatoms. The van der Waals surface area contributed by atoms with Crippen molar-refractivity contribution in [2.24, 2.45) is 0 Å². The first kappa shape index (κ1) is 12.4. The van der Waals surface area contributed by atoms with Crippen LogP contribution >= 0.6 is 0 Å². The fraction of sp³-hybridized carbons (Fsp3) is 0.250. The summed E-state index contributed by atoms with van der Waals surface area (Å²) in [6.45, 7) is 2.02. The molecule has 3 aromatic rings. The summed E-state index contributed by atoms with van der Waals surface area (Å²) < 4.78 is 1.76. The number of aliphatic hydroxyl groups excluding tert-OH is 1. The van der Waals surface area contributed by atoms with Gasteiger partial charge in [-0.1, -0.05) is 18.2 Å². The molecule has 1 aromatic carbocycles. The normalized spacial score (nSPS) is 10.9. The lowest BCUT2D eigenvalue weighted by Gasteiger charge is -2.03. The van der Waals surface area contributed by atoms with E-state index in [2.05, 4.69) is 25.6 Å². The predicted octanol–water partition coefficient (Wildman–Crippen LogP) is 0.103. The Balaban J connectivity index is 1.86. The Labute approximate surface area is 114 Å². The van der Waals surface area contributed by atoms with Gasteiger partial charge >= 0.3 is 0 Å². The van der Waals surface area contributed by atoms with Crippen molar-refractivity contribution in [3.8, 4) is 5.69 Å². The Bertz CT molecular complexity index is 704. The largest absolute Gasteiger partial charge is 0.388 e. The van der Waals surface area contributed by atoms with Crippen LogP contribution in [0.4, 0.5) is 0 Å². The van der Waals surface area contributed by atoms with Gasteiger partial charge < -0.3 is 9.67 Å². The smallest absolute Gasteiger partial charge is 0.194 e. The van der Waals surface area contributed by atoms with E-state index in [1.54, 1.807) is 4.57 Å². The Hall–Kier alpha value is -2.61. The van der Waals surface area contributed by atoms with Crippen LogP contribution < -0.4 is 0 Å². The second-order valence-electron chi connectivity index (χ2n) is 4.24. The Morgan fingerprint density at radius 1 is 1.10 bits per heavy atom. The van der Waals surface area contributed by atoms with Crippen molar-refractivity contribution >= 4 is 0 Å². The van der Waals surface area contributed by atoms with E-state index >= 15 is 0 Å². The van der Waals surface area contributed by atoms with E-state index in [1.165, 1.54) is 4.80 Å². The maximum Gasteiger partial charge on any atom is 0.194 e. The summed E-state index contributed by atoms with van der Waals surface area (Å²) in [6.07, 6.45) is 0. The lowest BCUT2D eigenvalue weighted by Crippen LogP contribution is -2.09. The third kappa shape index (κ3) is 2.28. The zero-order valence-electron chi connectivity index (χ0n) is 10.9. The highest BCUT2D eigenvalue weighted by Gasteiger charge is 2.11. The van der Waals surface area contributed by atoms with Gasteiger partial charge in [-0.15, -0.1) is 25.2 Å². The highest BCUT2D eigenvalue weighted by Crippen LogP contribution is 2.06. The topological polar surface area (TPSA) is 94.5 Å². The molecule has 0 radical (unpaired) electrons. The highest BCUT2D eigenvalue weighted by molar-refractivity contribution is 5.27. The zero-order valence-corrected chi connectivity index (χ0v) is 10.9. The molecule has 0 amide bonds. The molecule has 3 rings (SSSR count). The van der Waals surface area contributed by atoms with Gasteiger partial charge in [-0.25, -0.2) is 0 Å². The van der Waals surface area contributed by atoms with E-state index < -0.39 is 0 Å². The van der Waals surface area contributed by atoms with E-state index in [1.807, 2.05) is 37.3 Å². The molecule has 0 atom stereocenters. The van der Waals surface area contributed by atoms with Crippen LogP contribution in [0.3, 0.4) is 0 Å². The maximum absolute atomic E-state index is 9.21. The minimum Gasteiger partial charge on any atom is -0.388 e. The van der Waals surface area contributed by atoms with E-state index in [4.69, 9.17) is 0 Å². The van der Waals surface area contributed by atoms with Crippen LogP contribution in [-0.2, 0) is 13.2 Å². The van der Waals surface area contributed by atoms with Crippen molar-refractivity contribution in [2.45, 2.75) is 20.1 Å². The summed E-state index contributed by atoms with van der Waals surface area (Å²) in [4.78, 5) is 1.47. The number of hydrogen-bond donors (Lipinski definition) is 1. The third-order valence-corrected chi connectivity index (χ3v) is 2.90. The van der Waals surface area contributed by atoms with Gasteiger partial charge in [0.05, 0.1) is 12.2 Å². The van der Waals surface area contributed by atoms with Gasteiger partial charge in [0, 0.05) is 0 Å². The number of rotatable bonds is 4. The van der Waals surface area contributed by atoms with Gasteiger partial charge in [-0.05, 0) is 24.3 Å². The SMILES string of the molecule is Cc1nnc(CO)n1Cc1nnn(-c2ccccc2)n1. The first-order chi connectivity index (χ1) is 9.78. The Morgan fingerprint density at radius 2 is 1.90 bits per heavy atom. The molecule has 0 bridgehead atoms. The molecule has 0 saturated carbocycles. The number of nitrogens with zero attached hydrogens (tertiary/aromatic N) is 7. The van der Waals surface area contributed by atoms with Crippen LogP contribution in [0.25, 0.3) is 5.69 Å². The van der Waals surface area contributed by atoms with Gasteiger partial charge in [-0.3, -0.25) is 0 Å². The molecular formula is C12H13N7O. The van der Waals surface area contributed by atoms with Crippen LogP contribution in [0.15, 0.2) is 30.3 Å². The molecule has 0 unspecified atom stereocenters. The van der Waals surface area contributed by atoms with Crippen LogP contribution in [0.5, 0.6) is 0 Å². The van der Waals surface area contributed by atoms with Gasteiger partial charge in [0.15, 0.2) is 11.6 Å². The quantitative estimate of drug-likeness (QED) is 0.723. The van der Waals surface area contributed by atoms with E-state index in [9.17, 15) is 5.11 Å². The molecule has 2 aromatic heterocycles. The van der Waals surface area contributed by atoms with Crippen molar-refractivity contribution < 1.29 is 5.11 Å². The zero-order chi connectivity index (χ0) is 13.9. The fourth-order valence-electron chi connectivity index (χ4n) is 1.87. The standard InChI is InChI=1S/C12H13N7O/c1-9-13-15-12(8-20)18(9)7-11-14-17-19(16-11)10-5-3-2-4-6-10/h2-6,20H,7-8H2,1H3. The number of aliphatic hydroxyl groups is 1. The first-order valence-electron chi connectivity index (χ1n) is 6.12. The molecule has 0 aliphatic rings. The summed E-state index contributed by atoms with van der Waals surface area (Å²) in [5, 5.41) is 29.3. The molecule has 2 heterocycles. The lowest BCUT2D eigenvalue weighted by atomic mass is 10.3. The first-order valence-corrected chi connectivity index (χ1v) is 6.12. The Kier molecular flexibility index (Phi) is 3.21. The average Bonchev–Trinajstić information content (AvgIpc) is 3.08. The number of para-hydroxylation sites is 1. The molecular weight excluding hydrogens is 258 g/mol. The number of aromatic nitrogens is 7. The van der Waals surface area contributed by atoms with E-state index in [-0.39, 0.29) is 6.61 Å². The molecule has 0 saturated heterocycles. The molecule has 20 heavy (non-hydrogen) atoms. The highest BCUT2D eigenvalue weighted by atomic mass is 16.3. The Morgan fingerprint density at radius 3 is 2.65 bits per heavy atom. The number of hydrogen-bond acceptors (Lipinski definition) is 6. The molecule has 0 fully saturated rings. The minimum absolute atomic E-state index is 0.173. The molecule has 0 aliphatic carbocycles. The van der Waals surface area contributed by atoms with Crippen molar-refractivity contribution in [1.82, 2.24) is 35.0 Å². The third-order valence-electron chi connectivity index (χ3n) is 2.90. The predicted molar refractivity (Wildman–Crippen MR) is 68.9 cm³/mol. The van der Waals surface area contributed by atoms with E-state index in [0.717, 1.165) is 5.69 Å². The minimum atomic E-state index is -0.173. The van der Waals surface area contributed by atoms with Crippen LogP contribution in [-0.4, -0.2) is 40.1 Å². The second kappa shape index (κ2) is 5.17. The van der Waals surface area contributed by atoms with Crippen LogP contribution in [0.2, 0.25) is 0 Å². The van der Waals surface area contributed by atoms with Crippen LogP contribution in [0, 0.1) is 6.92 Å². The average molecular weight is 271 g/mol.